The van der Waals surface area contributed by atoms with Crippen LogP contribution in [0.5, 0.6) is 0 Å². The minimum Gasteiger partial charge on any atom is -0.258 e. The maximum Gasteiger partial charge on any atom is 0.416 e. The lowest BCUT2D eigenvalue weighted by Crippen LogP contribution is -2.10. The molecule has 0 aromatic heterocycles. The number of halogens is 5. The Bertz CT molecular complexity index is 436. The molecule has 0 saturated heterocycles. The van der Waals surface area contributed by atoms with E-state index in [4.69, 9.17) is 11.6 Å². The first kappa shape index (κ1) is 13.2. The summed E-state index contributed by atoms with van der Waals surface area (Å²) in [6, 6.07) is 1.74. The predicted octanol–water partition coefficient (Wildman–Crippen LogP) is 4.11. The van der Waals surface area contributed by atoms with E-state index in [0.29, 0.717) is 0 Å². The highest BCUT2D eigenvalue weighted by atomic mass is 79.9. The molecular formula is C8H4BrClF3NO2. The van der Waals surface area contributed by atoms with Crippen LogP contribution in [0.4, 0.5) is 18.9 Å². The Balaban J connectivity index is 3.56. The standard InChI is InChI=1S/C8H4BrClF3NO2/c9-6-2-1-5(8(11,12)13)4(3-10)7(6)14(15)16/h1-2H,3H2. The van der Waals surface area contributed by atoms with Crippen molar-refractivity contribution in [3.05, 3.63) is 37.8 Å². The van der Waals surface area contributed by atoms with Gasteiger partial charge in [-0.25, -0.2) is 0 Å². The molecule has 1 aromatic carbocycles. The van der Waals surface area contributed by atoms with E-state index in [2.05, 4.69) is 15.9 Å². The van der Waals surface area contributed by atoms with Gasteiger partial charge in [-0.05, 0) is 28.1 Å². The first-order valence-corrected chi connectivity index (χ1v) is 5.20. The summed E-state index contributed by atoms with van der Waals surface area (Å²) in [4.78, 5) is 9.74. The molecule has 0 amide bonds. The number of nitro benzene ring substituents is 1. The quantitative estimate of drug-likeness (QED) is 0.468. The second-order valence-electron chi connectivity index (χ2n) is 2.81. The van der Waals surface area contributed by atoms with E-state index in [1.165, 1.54) is 0 Å². The third kappa shape index (κ3) is 2.46. The molecule has 0 saturated carbocycles. The molecule has 3 nitrogen and oxygen atoms in total. The smallest absolute Gasteiger partial charge is 0.258 e. The molecule has 1 aromatic rings. The Kier molecular flexibility index (Phi) is 3.80. The van der Waals surface area contributed by atoms with Crippen molar-refractivity contribution in [2.75, 3.05) is 0 Å². The van der Waals surface area contributed by atoms with Gasteiger partial charge in [-0.15, -0.1) is 11.6 Å². The molecule has 8 heteroatoms. The summed E-state index contributed by atoms with van der Waals surface area (Å²) in [6.07, 6.45) is -4.66. The van der Waals surface area contributed by atoms with Crippen LogP contribution in [-0.4, -0.2) is 4.92 Å². The summed E-state index contributed by atoms with van der Waals surface area (Å²) in [5, 5.41) is 10.6. The van der Waals surface area contributed by atoms with E-state index in [0.717, 1.165) is 12.1 Å². The van der Waals surface area contributed by atoms with Crippen molar-refractivity contribution in [3.8, 4) is 0 Å². The number of hydrogen-bond donors (Lipinski definition) is 0. The maximum absolute atomic E-state index is 12.5. The monoisotopic (exact) mass is 317 g/mol. The molecule has 0 aliphatic rings. The lowest BCUT2D eigenvalue weighted by atomic mass is 10.1. The summed E-state index contributed by atoms with van der Waals surface area (Å²) in [7, 11) is 0. The Labute approximate surface area is 101 Å². The fraction of sp³-hybridized carbons (Fsp3) is 0.250. The molecule has 0 fully saturated rings. The zero-order chi connectivity index (χ0) is 12.5. The molecule has 0 spiro atoms. The molecular weight excluding hydrogens is 314 g/mol. The van der Waals surface area contributed by atoms with E-state index in [1.54, 1.807) is 0 Å². The average Bonchev–Trinajstić information content (AvgIpc) is 2.14. The van der Waals surface area contributed by atoms with Crippen molar-refractivity contribution in [1.29, 1.82) is 0 Å². The van der Waals surface area contributed by atoms with Crippen molar-refractivity contribution in [2.45, 2.75) is 12.1 Å². The number of nitrogens with zero attached hydrogens (tertiary/aromatic N) is 1. The second-order valence-corrected chi connectivity index (χ2v) is 3.93. The van der Waals surface area contributed by atoms with Gasteiger partial charge >= 0.3 is 6.18 Å². The van der Waals surface area contributed by atoms with Crippen LogP contribution in [0.25, 0.3) is 0 Å². The van der Waals surface area contributed by atoms with Gasteiger partial charge in [0.2, 0.25) is 0 Å². The van der Waals surface area contributed by atoms with Crippen molar-refractivity contribution in [3.63, 3.8) is 0 Å². The summed E-state index contributed by atoms with van der Waals surface area (Å²) in [5.41, 5.74) is -2.27. The molecule has 0 N–H and O–H groups in total. The Hall–Kier alpha value is -0.820. The molecule has 88 valence electrons. The molecule has 0 aliphatic heterocycles. The number of nitro groups is 1. The van der Waals surface area contributed by atoms with Gasteiger partial charge in [0.1, 0.15) is 0 Å². The normalized spacial score (nSPS) is 11.6. The van der Waals surface area contributed by atoms with Crippen LogP contribution in [0.1, 0.15) is 11.1 Å². The molecule has 0 bridgehead atoms. The predicted molar refractivity (Wildman–Crippen MR) is 55.4 cm³/mol. The van der Waals surface area contributed by atoms with Crippen LogP contribution in [0.15, 0.2) is 16.6 Å². The highest BCUT2D eigenvalue weighted by Gasteiger charge is 2.37. The van der Waals surface area contributed by atoms with Gasteiger partial charge in [-0.2, -0.15) is 13.2 Å². The molecule has 1 rings (SSSR count). The van der Waals surface area contributed by atoms with E-state index < -0.39 is 33.8 Å². The van der Waals surface area contributed by atoms with Gasteiger partial charge in [0.15, 0.2) is 0 Å². The lowest BCUT2D eigenvalue weighted by molar-refractivity contribution is -0.386. The Morgan fingerprint density at radius 2 is 2.00 bits per heavy atom. The van der Waals surface area contributed by atoms with Gasteiger partial charge in [0.05, 0.1) is 26.4 Å². The van der Waals surface area contributed by atoms with Crippen LogP contribution < -0.4 is 0 Å². The highest BCUT2D eigenvalue weighted by Crippen LogP contribution is 2.40. The molecule has 0 heterocycles. The summed E-state index contributed by atoms with van der Waals surface area (Å²) >= 11 is 8.16. The van der Waals surface area contributed by atoms with Crippen molar-refractivity contribution < 1.29 is 18.1 Å². The van der Waals surface area contributed by atoms with Crippen LogP contribution in [0.2, 0.25) is 0 Å². The van der Waals surface area contributed by atoms with Crippen LogP contribution in [0.3, 0.4) is 0 Å². The third-order valence-electron chi connectivity index (χ3n) is 1.86. The Morgan fingerprint density at radius 3 is 2.38 bits per heavy atom. The molecule has 0 radical (unpaired) electrons. The zero-order valence-electron chi connectivity index (χ0n) is 7.52. The fourth-order valence-corrected chi connectivity index (χ4v) is 1.99. The largest absolute Gasteiger partial charge is 0.416 e. The second kappa shape index (κ2) is 4.58. The minimum absolute atomic E-state index is 0.0267. The number of benzene rings is 1. The average molecular weight is 318 g/mol. The molecule has 0 unspecified atom stereocenters. The van der Waals surface area contributed by atoms with Crippen LogP contribution in [-0.2, 0) is 12.1 Å². The van der Waals surface area contributed by atoms with Gasteiger partial charge in [0.25, 0.3) is 5.69 Å². The van der Waals surface area contributed by atoms with Gasteiger partial charge < -0.3 is 0 Å². The first-order chi connectivity index (χ1) is 7.29. The highest BCUT2D eigenvalue weighted by molar-refractivity contribution is 9.10. The van der Waals surface area contributed by atoms with Crippen molar-refractivity contribution in [1.82, 2.24) is 0 Å². The van der Waals surface area contributed by atoms with E-state index in [1.807, 2.05) is 0 Å². The summed E-state index contributed by atoms with van der Waals surface area (Å²) in [5.74, 6) is -0.579. The van der Waals surface area contributed by atoms with Gasteiger partial charge in [-0.1, -0.05) is 0 Å². The van der Waals surface area contributed by atoms with E-state index >= 15 is 0 Å². The van der Waals surface area contributed by atoms with Crippen molar-refractivity contribution in [2.24, 2.45) is 0 Å². The topological polar surface area (TPSA) is 43.1 Å². The van der Waals surface area contributed by atoms with Gasteiger partial charge in [-0.3, -0.25) is 10.1 Å². The molecule has 0 atom stereocenters. The van der Waals surface area contributed by atoms with Gasteiger partial charge in [0, 0.05) is 0 Å². The Morgan fingerprint density at radius 1 is 1.44 bits per heavy atom. The van der Waals surface area contributed by atoms with Crippen molar-refractivity contribution >= 4 is 33.2 Å². The van der Waals surface area contributed by atoms with E-state index in [9.17, 15) is 23.3 Å². The third-order valence-corrected chi connectivity index (χ3v) is 2.76. The number of rotatable bonds is 2. The van der Waals surface area contributed by atoms with Crippen LogP contribution in [0, 0.1) is 10.1 Å². The van der Waals surface area contributed by atoms with Crippen LogP contribution >= 0.6 is 27.5 Å². The maximum atomic E-state index is 12.5. The zero-order valence-corrected chi connectivity index (χ0v) is 9.86. The lowest BCUT2D eigenvalue weighted by Gasteiger charge is -2.11. The molecule has 16 heavy (non-hydrogen) atoms. The fourth-order valence-electron chi connectivity index (χ4n) is 1.21. The minimum atomic E-state index is -4.66. The van der Waals surface area contributed by atoms with E-state index in [-0.39, 0.29) is 4.47 Å². The number of hydrogen-bond acceptors (Lipinski definition) is 2. The molecule has 0 aliphatic carbocycles. The first-order valence-electron chi connectivity index (χ1n) is 3.88. The SMILES string of the molecule is O=[N+]([O-])c1c(Br)ccc(C(F)(F)F)c1CCl. The number of alkyl halides is 4. The summed E-state index contributed by atoms with van der Waals surface area (Å²) in [6.45, 7) is 0. The summed E-state index contributed by atoms with van der Waals surface area (Å²) < 4.78 is 37.5.